The minimum absolute atomic E-state index is 0.0399. The Hall–Kier alpha value is -2.78. The Labute approximate surface area is 188 Å². The molecule has 0 bridgehead atoms. The van der Waals surface area contributed by atoms with Crippen molar-refractivity contribution in [3.05, 3.63) is 65.5 Å². The zero-order chi connectivity index (χ0) is 23.3. The van der Waals surface area contributed by atoms with Gasteiger partial charge in [0, 0.05) is 30.6 Å². The summed E-state index contributed by atoms with van der Waals surface area (Å²) in [4.78, 5) is 25.2. The number of anilines is 1. The molecule has 2 amide bonds. The van der Waals surface area contributed by atoms with Gasteiger partial charge in [0.1, 0.15) is 5.82 Å². The Morgan fingerprint density at radius 2 is 1.69 bits per heavy atom. The van der Waals surface area contributed by atoms with Crippen LogP contribution in [0.2, 0.25) is 0 Å². The van der Waals surface area contributed by atoms with E-state index in [0.29, 0.717) is 24.1 Å². The van der Waals surface area contributed by atoms with E-state index in [1.807, 2.05) is 13.8 Å². The Bertz CT molecular complexity index is 1080. The topological polar surface area (TPSA) is 95.6 Å². The molecule has 32 heavy (non-hydrogen) atoms. The van der Waals surface area contributed by atoms with Gasteiger partial charge in [0.15, 0.2) is 0 Å². The van der Waals surface area contributed by atoms with Crippen molar-refractivity contribution < 1.29 is 22.4 Å². The van der Waals surface area contributed by atoms with Gasteiger partial charge in [-0.25, -0.2) is 17.1 Å². The number of benzene rings is 2. The van der Waals surface area contributed by atoms with E-state index in [1.54, 1.807) is 30.3 Å². The number of sulfonamides is 1. The van der Waals surface area contributed by atoms with Gasteiger partial charge < -0.3 is 10.6 Å². The summed E-state index contributed by atoms with van der Waals surface area (Å²) in [6.07, 6.45) is 0.700. The molecule has 172 valence electrons. The van der Waals surface area contributed by atoms with Gasteiger partial charge in [0.2, 0.25) is 15.9 Å². The highest BCUT2D eigenvalue weighted by Gasteiger charge is 2.32. The first-order valence-corrected chi connectivity index (χ1v) is 12.2. The van der Waals surface area contributed by atoms with Gasteiger partial charge in [-0.3, -0.25) is 9.59 Å². The normalized spacial score (nSPS) is 15.5. The SMILES string of the molecule is CC(C)NC(=O)c1ccccc1NC(=O)C1CCN(S(=O)(=O)Cc2ccccc2F)CC1. The molecule has 0 spiro atoms. The van der Waals surface area contributed by atoms with Crippen LogP contribution in [0.4, 0.5) is 10.1 Å². The smallest absolute Gasteiger partial charge is 0.253 e. The van der Waals surface area contributed by atoms with Crippen LogP contribution in [0.3, 0.4) is 0 Å². The number of para-hydroxylation sites is 1. The summed E-state index contributed by atoms with van der Waals surface area (Å²) in [6.45, 7) is 4.08. The molecule has 2 N–H and O–H groups in total. The molecule has 1 saturated heterocycles. The molecule has 2 aromatic rings. The lowest BCUT2D eigenvalue weighted by Crippen LogP contribution is -2.42. The molecule has 1 aliphatic heterocycles. The largest absolute Gasteiger partial charge is 0.350 e. The van der Waals surface area contributed by atoms with E-state index >= 15 is 0 Å². The number of hydrogen-bond acceptors (Lipinski definition) is 4. The Morgan fingerprint density at radius 3 is 2.34 bits per heavy atom. The van der Waals surface area contributed by atoms with Crippen LogP contribution >= 0.6 is 0 Å². The lowest BCUT2D eigenvalue weighted by molar-refractivity contribution is -0.120. The van der Waals surface area contributed by atoms with Gasteiger partial charge in [0.25, 0.3) is 5.91 Å². The fourth-order valence-corrected chi connectivity index (χ4v) is 5.24. The van der Waals surface area contributed by atoms with Crippen LogP contribution in [0.25, 0.3) is 0 Å². The minimum atomic E-state index is -3.69. The number of piperidine rings is 1. The number of hydrogen-bond donors (Lipinski definition) is 2. The molecular weight excluding hydrogens is 433 g/mol. The van der Waals surface area contributed by atoms with Gasteiger partial charge in [-0.15, -0.1) is 0 Å². The monoisotopic (exact) mass is 461 g/mol. The number of carbonyl (C=O) groups is 2. The van der Waals surface area contributed by atoms with Crippen molar-refractivity contribution in [1.29, 1.82) is 0 Å². The number of nitrogens with zero attached hydrogens (tertiary/aromatic N) is 1. The number of amides is 2. The van der Waals surface area contributed by atoms with Crippen LogP contribution in [0.1, 0.15) is 42.6 Å². The lowest BCUT2D eigenvalue weighted by atomic mass is 9.97. The molecule has 1 aliphatic rings. The highest BCUT2D eigenvalue weighted by atomic mass is 32.2. The van der Waals surface area contributed by atoms with Crippen LogP contribution in [-0.2, 0) is 20.6 Å². The first kappa shape index (κ1) is 23.9. The fourth-order valence-electron chi connectivity index (χ4n) is 3.66. The summed E-state index contributed by atoms with van der Waals surface area (Å²) < 4.78 is 40.6. The second kappa shape index (κ2) is 10.2. The zero-order valence-corrected chi connectivity index (χ0v) is 19.0. The highest BCUT2D eigenvalue weighted by molar-refractivity contribution is 7.88. The number of nitrogens with one attached hydrogen (secondary N) is 2. The van der Waals surface area contributed by atoms with E-state index in [9.17, 15) is 22.4 Å². The van der Waals surface area contributed by atoms with E-state index in [1.165, 1.54) is 22.5 Å². The third-order valence-electron chi connectivity index (χ3n) is 5.36. The van der Waals surface area contributed by atoms with Crippen molar-refractivity contribution in [3.63, 3.8) is 0 Å². The van der Waals surface area contributed by atoms with Gasteiger partial charge in [-0.2, -0.15) is 0 Å². The molecule has 1 heterocycles. The first-order chi connectivity index (χ1) is 15.2. The molecule has 3 rings (SSSR count). The zero-order valence-electron chi connectivity index (χ0n) is 18.2. The van der Waals surface area contributed by atoms with E-state index in [4.69, 9.17) is 0 Å². The van der Waals surface area contributed by atoms with Crippen molar-refractivity contribution in [3.8, 4) is 0 Å². The number of carbonyl (C=O) groups excluding carboxylic acids is 2. The van der Waals surface area contributed by atoms with Gasteiger partial charge >= 0.3 is 0 Å². The second-order valence-electron chi connectivity index (χ2n) is 8.18. The highest BCUT2D eigenvalue weighted by Crippen LogP contribution is 2.24. The third kappa shape index (κ3) is 5.92. The molecule has 2 aromatic carbocycles. The van der Waals surface area contributed by atoms with Crippen molar-refractivity contribution in [2.75, 3.05) is 18.4 Å². The fraction of sp³-hybridized carbons (Fsp3) is 0.391. The average molecular weight is 462 g/mol. The van der Waals surface area contributed by atoms with Crippen molar-refractivity contribution in [1.82, 2.24) is 9.62 Å². The summed E-state index contributed by atoms with van der Waals surface area (Å²) in [5.41, 5.74) is 0.924. The molecule has 0 aliphatic carbocycles. The Balaban J connectivity index is 1.61. The molecule has 1 fully saturated rings. The van der Waals surface area contributed by atoms with Crippen LogP contribution < -0.4 is 10.6 Å². The summed E-state index contributed by atoms with van der Waals surface area (Å²) in [7, 11) is -3.69. The number of rotatable bonds is 7. The third-order valence-corrected chi connectivity index (χ3v) is 7.19. The summed E-state index contributed by atoms with van der Waals surface area (Å²) in [5.74, 6) is -1.86. The standard InChI is InChI=1S/C23H28FN3O4S/c1-16(2)25-23(29)19-8-4-6-10-21(19)26-22(28)17-11-13-27(14-12-17)32(30,31)15-18-7-3-5-9-20(18)24/h3-10,16-17H,11-15H2,1-2H3,(H,25,29)(H,26,28). The first-order valence-electron chi connectivity index (χ1n) is 10.6. The van der Waals surface area contributed by atoms with E-state index in [-0.39, 0.29) is 42.4 Å². The Kier molecular flexibility index (Phi) is 7.63. The molecule has 0 radical (unpaired) electrons. The maximum absolute atomic E-state index is 13.9. The van der Waals surface area contributed by atoms with Crippen LogP contribution in [0.15, 0.2) is 48.5 Å². The molecule has 0 atom stereocenters. The van der Waals surface area contributed by atoms with Crippen LogP contribution in [-0.4, -0.2) is 43.7 Å². The second-order valence-corrected chi connectivity index (χ2v) is 10.2. The van der Waals surface area contributed by atoms with E-state index in [2.05, 4.69) is 10.6 Å². The van der Waals surface area contributed by atoms with E-state index < -0.39 is 21.6 Å². The maximum atomic E-state index is 13.9. The van der Waals surface area contributed by atoms with Gasteiger partial charge in [-0.1, -0.05) is 30.3 Å². The Morgan fingerprint density at radius 1 is 1.06 bits per heavy atom. The average Bonchev–Trinajstić information content (AvgIpc) is 2.75. The van der Waals surface area contributed by atoms with Crippen LogP contribution in [0.5, 0.6) is 0 Å². The molecular formula is C23H28FN3O4S. The minimum Gasteiger partial charge on any atom is -0.350 e. The van der Waals surface area contributed by atoms with Crippen molar-refractivity contribution in [2.45, 2.75) is 38.5 Å². The predicted molar refractivity (Wildman–Crippen MR) is 121 cm³/mol. The van der Waals surface area contributed by atoms with Crippen molar-refractivity contribution >= 4 is 27.5 Å². The maximum Gasteiger partial charge on any atom is 0.253 e. The molecule has 9 heteroatoms. The van der Waals surface area contributed by atoms with Gasteiger partial charge in [0.05, 0.1) is 17.0 Å². The molecule has 0 unspecified atom stereocenters. The van der Waals surface area contributed by atoms with Crippen LogP contribution in [0, 0.1) is 11.7 Å². The predicted octanol–water partition coefficient (Wildman–Crippen LogP) is 3.14. The molecule has 7 nitrogen and oxygen atoms in total. The number of halogens is 1. The summed E-state index contributed by atoms with van der Waals surface area (Å²) in [5, 5.41) is 5.63. The molecule has 0 saturated carbocycles. The lowest BCUT2D eigenvalue weighted by Gasteiger charge is -2.30. The summed E-state index contributed by atoms with van der Waals surface area (Å²) in [6, 6.07) is 12.5. The summed E-state index contributed by atoms with van der Waals surface area (Å²) >= 11 is 0. The quantitative estimate of drug-likeness (QED) is 0.662. The van der Waals surface area contributed by atoms with Gasteiger partial charge in [-0.05, 0) is 44.9 Å². The van der Waals surface area contributed by atoms with E-state index in [0.717, 1.165) is 0 Å². The molecule has 0 aromatic heterocycles. The van der Waals surface area contributed by atoms with Crippen molar-refractivity contribution in [2.24, 2.45) is 5.92 Å².